The molecule has 0 atom stereocenters. The Bertz CT molecular complexity index is 1400. The van der Waals surface area contributed by atoms with E-state index in [1.165, 1.54) is 11.0 Å². The summed E-state index contributed by atoms with van der Waals surface area (Å²) in [6.07, 6.45) is 3.11. The monoisotopic (exact) mass is 443 g/mol. The first-order valence-corrected chi connectivity index (χ1v) is 10.6. The van der Waals surface area contributed by atoms with E-state index in [0.717, 1.165) is 16.9 Å². The van der Waals surface area contributed by atoms with E-state index in [9.17, 15) is 5.11 Å². The normalized spacial score (nSPS) is 10.8. The first-order valence-electron chi connectivity index (χ1n) is 10.6. The van der Waals surface area contributed by atoms with E-state index in [1.54, 1.807) is 13.2 Å². The maximum Gasteiger partial charge on any atom is 0.169 e. The molecule has 0 spiro atoms. The van der Waals surface area contributed by atoms with Gasteiger partial charge in [-0.3, -0.25) is 4.57 Å². The topological polar surface area (TPSA) is 133 Å². The maximum absolute atomic E-state index is 9.41. The highest BCUT2D eigenvalue weighted by Gasteiger charge is 2.20. The van der Waals surface area contributed by atoms with Crippen molar-refractivity contribution in [1.82, 2.24) is 39.5 Å². The van der Waals surface area contributed by atoms with Crippen molar-refractivity contribution in [2.75, 3.05) is 5.73 Å². The van der Waals surface area contributed by atoms with Crippen molar-refractivity contribution >= 4 is 17.0 Å². The van der Waals surface area contributed by atoms with Crippen LogP contribution in [0.5, 0.6) is 0 Å². The quantitative estimate of drug-likeness (QED) is 0.433. The molecule has 0 saturated carbocycles. The minimum absolute atomic E-state index is 0.0384. The highest BCUT2D eigenvalue weighted by molar-refractivity contribution is 5.83. The SMILES string of the molecule is CC.Cc1nn(C)nc1-c1ccc2nc(-c3nccnc3N)n(-c3ccc(CO)cc3)c2n1. The molecule has 0 fully saturated rings. The van der Waals surface area contributed by atoms with Gasteiger partial charge in [0.15, 0.2) is 17.3 Å². The summed E-state index contributed by atoms with van der Waals surface area (Å²) in [6.45, 7) is 5.86. The number of imidazole rings is 1. The van der Waals surface area contributed by atoms with Crippen molar-refractivity contribution in [3.63, 3.8) is 0 Å². The number of pyridine rings is 1. The molecule has 0 aliphatic rings. The zero-order valence-corrected chi connectivity index (χ0v) is 18.9. The van der Waals surface area contributed by atoms with Crippen LogP contribution in [0.1, 0.15) is 25.1 Å². The molecular formula is C23H25N9O. The second kappa shape index (κ2) is 9.13. The molecule has 0 unspecified atom stereocenters. The number of benzene rings is 1. The highest BCUT2D eigenvalue weighted by atomic mass is 16.3. The highest BCUT2D eigenvalue weighted by Crippen LogP contribution is 2.30. The number of aryl methyl sites for hydroxylation is 2. The Morgan fingerprint density at radius 2 is 1.64 bits per heavy atom. The average Bonchev–Trinajstić information content (AvgIpc) is 3.39. The van der Waals surface area contributed by atoms with Crippen LogP contribution in [-0.4, -0.2) is 44.6 Å². The third kappa shape index (κ3) is 4.03. The summed E-state index contributed by atoms with van der Waals surface area (Å²) in [5, 5.41) is 18.2. The Morgan fingerprint density at radius 3 is 2.27 bits per heavy atom. The third-order valence-corrected chi connectivity index (χ3v) is 4.94. The van der Waals surface area contributed by atoms with Gasteiger partial charge in [0.2, 0.25) is 0 Å². The third-order valence-electron chi connectivity index (χ3n) is 4.94. The standard InChI is InChI=1S/C21H19N9O.C2H6/c1-12-17(28-29(2)27-12)15-7-8-16-20(25-15)30(14-5-3-13(11-31)4-6-14)21(26-16)18-19(22)24-10-9-23-18;1-2/h3-10,31H,11H2,1-2H3,(H2,22,24);1-2H3. The molecule has 5 aromatic rings. The molecule has 10 nitrogen and oxygen atoms in total. The van der Waals surface area contributed by atoms with Crippen LogP contribution in [0.15, 0.2) is 48.8 Å². The lowest BCUT2D eigenvalue weighted by Crippen LogP contribution is -2.04. The van der Waals surface area contributed by atoms with E-state index in [4.69, 9.17) is 15.7 Å². The van der Waals surface area contributed by atoms with Crippen LogP contribution in [-0.2, 0) is 13.7 Å². The van der Waals surface area contributed by atoms with E-state index in [2.05, 4.69) is 20.2 Å². The molecular weight excluding hydrogens is 418 g/mol. The largest absolute Gasteiger partial charge is 0.392 e. The lowest BCUT2D eigenvalue weighted by Gasteiger charge is -2.10. The fraction of sp³-hybridized carbons (Fsp3) is 0.217. The molecule has 0 bridgehead atoms. The minimum atomic E-state index is -0.0384. The van der Waals surface area contributed by atoms with Gasteiger partial charge in [0.25, 0.3) is 0 Å². The predicted molar refractivity (Wildman–Crippen MR) is 126 cm³/mol. The molecule has 33 heavy (non-hydrogen) atoms. The van der Waals surface area contributed by atoms with Crippen molar-refractivity contribution in [1.29, 1.82) is 0 Å². The summed E-state index contributed by atoms with van der Waals surface area (Å²) in [5.41, 5.74) is 11.7. The summed E-state index contributed by atoms with van der Waals surface area (Å²) in [4.78, 5) is 19.7. The second-order valence-corrected chi connectivity index (χ2v) is 7.05. The summed E-state index contributed by atoms with van der Waals surface area (Å²) in [7, 11) is 1.77. The summed E-state index contributed by atoms with van der Waals surface area (Å²) in [6, 6.07) is 11.2. The van der Waals surface area contributed by atoms with Gasteiger partial charge in [-0.1, -0.05) is 26.0 Å². The van der Waals surface area contributed by atoms with Crippen LogP contribution in [0, 0.1) is 6.92 Å². The first-order chi connectivity index (χ1) is 16.0. The van der Waals surface area contributed by atoms with Gasteiger partial charge in [-0.05, 0) is 36.8 Å². The number of aromatic nitrogens is 8. The second-order valence-electron chi connectivity index (χ2n) is 7.05. The smallest absolute Gasteiger partial charge is 0.169 e. The summed E-state index contributed by atoms with van der Waals surface area (Å²) >= 11 is 0. The molecule has 168 valence electrons. The van der Waals surface area contributed by atoms with E-state index < -0.39 is 0 Å². The van der Waals surface area contributed by atoms with Crippen molar-refractivity contribution < 1.29 is 5.11 Å². The van der Waals surface area contributed by atoms with Gasteiger partial charge in [-0.15, -0.1) is 0 Å². The molecule has 0 amide bonds. The molecule has 1 aromatic carbocycles. The van der Waals surface area contributed by atoms with Crippen LogP contribution < -0.4 is 5.73 Å². The Kier molecular flexibility index (Phi) is 6.09. The lowest BCUT2D eigenvalue weighted by molar-refractivity contribution is 0.282. The van der Waals surface area contributed by atoms with Gasteiger partial charge in [-0.2, -0.15) is 15.0 Å². The van der Waals surface area contributed by atoms with Crippen LogP contribution in [0.25, 0.3) is 39.8 Å². The Balaban J connectivity index is 0.00000126. The van der Waals surface area contributed by atoms with Crippen molar-refractivity contribution in [3.8, 4) is 28.6 Å². The zero-order valence-electron chi connectivity index (χ0n) is 18.9. The molecule has 3 N–H and O–H groups in total. The van der Waals surface area contributed by atoms with E-state index >= 15 is 0 Å². The Hall–Kier alpha value is -4.18. The number of hydrogen-bond donors (Lipinski definition) is 2. The van der Waals surface area contributed by atoms with Gasteiger partial charge in [-0.25, -0.2) is 19.9 Å². The average molecular weight is 444 g/mol. The van der Waals surface area contributed by atoms with Crippen LogP contribution in [0.2, 0.25) is 0 Å². The van der Waals surface area contributed by atoms with Crippen molar-refractivity contribution in [3.05, 3.63) is 60.0 Å². The summed E-state index contributed by atoms with van der Waals surface area (Å²) < 4.78 is 1.88. The number of fused-ring (bicyclic) bond motifs is 1. The first kappa shape index (κ1) is 22.0. The number of nitrogens with zero attached hydrogens (tertiary/aromatic N) is 8. The number of aliphatic hydroxyl groups excluding tert-OH is 1. The molecule has 5 rings (SSSR count). The molecule has 4 heterocycles. The Labute approximate surface area is 190 Å². The molecule has 10 heteroatoms. The van der Waals surface area contributed by atoms with E-state index in [-0.39, 0.29) is 12.4 Å². The van der Waals surface area contributed by atoms with Gasteiger partial charge >= 0.3 is 0 Å². The number of hydrogen-bond acceptors (Lipinski definition) is 8. The zero-order chi connectivity index (χ0) is 23.5. The molecule has 4 aromatic heterocycles. The molecule has 0 aliphatic heterocycles. The number of nitrogen functional groups attached to an aromatic ring is 1. The number of aliphatic hydroxyl groups is 1. The fourth-order valence-electron chi connectivity index (χ4n) is 3.50. The van der Waals surface area contributed by atoms with Crippen LogP contribution in [0.3, 0.4) is 0 Å². The van der Waals surface area contributed by atoms with Crippen molar-refractivity contribution in [2.45, 2.75) is 27.4 Å². The number of rotatable bonds is 4. The number of anilines is 1. The van der Waals surface area contributed by atoms with Crippen LogP contribution >= 0.6 is 0 Å². The predicted octanol–water partition coefficient (Wildman–Crippen LogP) is 3.08. The lowest BCUT2D eigenvalue weighted by atomic mass is 10.2. The van der Waals surface area contributed by atoms with Crippen LogP contribution in [0.4, 0.5) is 5.82 Å². The van der Waals surface area contributed by atoms with Gasteiger partial charge in [0.1, 0.15) is 16.9 Å². The number of nitrogens with two attached hydrogens (primary N) is 1. The van der Waals surface area contributed by atoms with E-state index in [1.807, 2.05) is 61.7 Å². The fourth-order valence-corrected chi connectivity index (χ4v) is 3.50. The summed E-state index contributed by atoms with van der Waals surface area (Å²) in [5.74, 6) is 0.800. The molecule has 0 radical (unpaired) electrons. The van der Waals surface area contributed by atoms with Crippen molar-refractivity contribution in [2.24, 2.45) is 7.05 Å². The van der Waals surface area contributed by atoms with E-state index in [0.29, 0.717) is 34.1 Å². The van der Waals surface area contributed by atoms with Gasteiger partial charge < -0.3 is 10.8 Å². The van der Waals surface area contributed by atoms with Gasteiger partial charge in [0.05, 0.1) is 18.0 Å². The molecule has 0 aliphatic carbocycles. The minimum Gasteiger partial charge on any atom is -0.392 e. The molecule has 0 saturated heterocycles. The van der Waals surface area contributed by atoms with Gasteiger partial charge in [0, 0.05) is 25.1 Å². The Morgan fingerprint density at radius 1 is 0.909 bits per heavy atom. The maximum atomic E-state index is 9.41.